The van der Waals surface area contributed by atoms with Crippen LogP contribution < -0.4 is 0 Å². The minimum Gasteiger partial charge on any atom is -0.478 e. The Morgan fingerprint density at radius 2 is 1.29 bits per heavy atom. The summed E-state index contributed by atoms with van der Waals surface area (Å²) in [7, 11) is 0. The van der Waals surface area contributed by atoms with Crippen LogP contribution in [0, 0.1) is 0 Å². The lowest BCUT2D eigenvalue weighted by Gasteiger charge is -2.04. The highest BCUT2D eigenvalue weighted by molar-refractivity contribution is 5.91. The number of carboxylic acids is 1. The Labute approximate surface area is 122 Å². The molecular weight excluding hydrogens is 284 g/mol. The van der Waals surface area contributed by atoms with Crippen LogP contribution >= 0.6 is 0 Å². The summed E-state index contributed by atoms with van der Waals surface area (Å²) in [4.78, 5) is 31.1. The first-order valence-corrected chi connectivity index (χ1v) is 5.92. The molecule has 0 aromatic rings. The number of carbonyl (C=O) groups is 3. The van der Waals surface area contributed by atoms with Gasteiger partial charge in [-0.05, 0) is 13.8 Å². The number of carbonyl (C=O) groups excluding carboxylic acids is 2. The van der Waals surface area contributed by atoms with Crippen LogP contribution in [0.5, 0.6) is 0 Å². The van der Waals surface area contributed by atoms with E-state index in [-0.39, 0.29) is 13.2 Å². The zero-order valence-electron chi connectivity index (χ0n) is 11.9. The van der Waals surface area contributed by atoms with Crippen LogP contribution in [0.15, 0.2) is 24.8 Å². The molecule has 0 aromatic carbocycles. The Morgan fingerprint density at radius 3 is 1.48 bits per heavy atom. The summed E-state index contributed by atoms with van der Waals surface area (Å²) in [5.74, 6) is -2.46. The van der Waals surface area contributed by atoms with Gasteiger partial charge < -0.3 is 24.8 Å². The molecule has 21 heavy (non-hydrogen) atoms. The van der Waals surface area contributed by atoms with E-state index >= 15 is 0 Å². The lowest BCUT2D eigenvalue weighted by atomic mass is 10.4. The van der Waals surface area contributed by atoms with Crippen LogP contribution in [-0.4, -0.2) is 58.6 Å². The van der Waals surface area contributed by atoms with Gasteiger partial charge in [-0.3, -0.25) is 0 Å². The molecule has 0 bridgehead atoms. The van der Waals surface area contributed by atoms with Crippen molar-refractivity contribution in [2.45, 2.75) is 26.1 Å². The number of carboxylic acid groups (broad SMARTS) is 1. The highest BCUT2D eigenvalue weighted by atomic mass is 16.5. The second-order valence-corrected chi connectivity index (χ2v) is 3.83. The van der Waals surface area contributed by atoms with Gasteiger partial charge in [0, 0.05) is 18.2 Å². The minimum absolute atomic E-state index is 0.133. The monoisotopic (exact) mass is 304 g/mol. The smallest absolute Gasteiger partial charge is 0.331 e. The Bertz CT molecular complexity index is 344. The summed E-state index contributed by atoms with van der Waals surface area (Å²) in [6.07, 6.45) is 1.12. The molecule has 0 aromatic heterocycles. The predicted octanol–water partition coefficient (Wildman–Crippen LogP) is -0.352. The highest BCUT2D eigenvalue weighted by Gasteiger charge is 2.04. The van der Waals surface area contributed by atoms with Gasteiger partial charge >= 0.3 is 17.9 Å². The zero-order valence-corrected chi connectivity index (χ0v) is 11.9. The molecule has 0 heterocycles. The molecule has 0 aliphatic rings. The molecule has 0 aliphatic carbocycles. The van der Waals surface area contributed by atoms with Gasteiger partial charge in [0.2, 0.25) is 0 Å². The summed E-state index contributed by atoms with van der Waals surface area (Å²) >= 11 is 0. The molecule has 3 N–H and O–H groups in total. The Kier molecular flexibility index (Phi) is 12.9. The molecule has 8 heteroatoms. The summed E-state index contributed by atoms with van der Waals surface area (Å²) in [6.45, 7) is 5.63. The summed E-state index contributed by atoms with van der Waals surface area (Å²) in [6, 6.07) is 0. The third-order valence-corrected chi connectivity index (χ3v) is 1.46. The van der Waals surface area contributed by atoms with Crippen LogP contribution in [-0.2, 0) is 23.9 Å². The average molecular weight is 304 g/mol. The molecule has 0 radical (unpaired) electrons. The fourth-order valence-corrected chi connectivity index (χ4v) is 0.638. The molecule has 120 valence electrons. The first-order chi connectivity index (χ1) is 9.68. The normalized spacial score (nSPS) is 12.6. The van der Waals surface area contributed by atoms with Crippen molar-refractivity contribution in [3.05, 3.63) is 24.8 Å². The van der Waals surface area contributed by atoms with Crippen LogP contribution in [0.25, 0.3) is 0 Å². The standard InChI is InChI=1S/C10H16O6.C3H4O2/c1-7(11)5-15-9(13)3-4-10(14)16-6-8(2)12;1-2-3(4)5/h3-4,7-8,11-12H,5-6H2,1-2H3;2H,1H2,(H,4,5)/b4-3-;. The molecule has 0 aliphatic heterocycles. The van der Waals surface area contributed by atoms with Crippen molar-refractivity contribution >= 4 is 17.9 Å². The van der Waals surface area contributed by atoms with Gasteiger partial charge in [-0.15, -0.1) is 0 Å². The van der Waals surface area contributed by atoms with Gasteiger partial charge in [0.15, 0.2) is 0 Å². The van der Waals surface area contributed by atoms with Crippen molar-refractivity contribution in [2.75, 3.05) is 13.2 Å². The van der Waals surface area contributed by atoms with Gasteiger partial charge in [-0.25, -0.2) is 14.4 Å². The molecule has 0 saturated carbocycles. The predicted molar refractivity (Wildman–Crippen MR) is 72.3 cm³/mol. The van der Waals surface area contributed by atoms with Gasteiger partial charge in [0.25, 0.3) is 0 Å². The lowest BCUT2D eigenvalue weighted by molar-refractivity contribution is -0.143. The number of esters is 2. The van der Waals surface area contributed by atoms with E-state index in [0.29, 0.717) is 0 Å². The SMILES string of the molecule is C=CC(=O)O.CC(O)COC(=O)/C=C\C(=O)OCC(C)O. The lowest BCUT2D eigenvalue weighted by Crippen LogP contribution is -2.15. The van der Waals surface area contributed by atoms with Crippen LogP contribution in [0.4, 0.5) is 0 Å². The van der Waals surface area contributed by atoms with E-state index in [1.807, 2.05) is 0 Å². The van der Waals surface area contributed by atoms with E-state index in [2.05, 4.69) is 16.1 Å². The van der Waals surface area contributed by atoms with E-state index in [1.165, 1.54) is 13.8 Å². The van der Waals surface area contributed by atoms with E-state index < -0.39 is 30.1 Å². The summed E-state index contributed by atoms with van der Waals surface area (Å²) in [5, 5.41) is 25.2. The largest absolute Gasteiger partial charge is 0.478 e. The number of aliphatic hydroxyl groups is 2. The summed E-state index contributed by atoms with van der Waals surface area (Å²) in [5.41, 5.74) is 0. The van der Waals surface area contributed by atoms with Crippen molar-refractivity contribution < 1.29 is 39.2 Å². The van der Waals surface area contributed by atoms with E-state index in [9.17, 15) is 14.4 Å². The quantitative estimate of drug-likeness (QED) is 0.429. The Hall–Kier alpha value is -2.19. The number of hydrogen-bond acceptors (Lipinski definition) is 7. The maximum absolute atomic E-state index is 10.9. The number of ether oxygens (including phenoxy) is 2. The van der Waals surface area contributed by atoms with Crippen LogP contribution in [0.1, 0.15) is 13.8 Å². The topological polar surface area (TPSA) is 130 Å². The fourth-order valence-electron chi connectivity index (χ4n) is 0.638. The zero-order chi connectivity index (χ0) is 16.8. The van der Waals surface area contributed by atoms with Crippen molar-refractivity contribution in [1.29, 1.82) is 0 Å². The highest BCUT2D eigenvalue weighted by Crippen LogP contribution is 1.89. The number of hydrogen-bond donors (Lipinski definition) is 3. The molecule has 2 unspecified atom stereocenters. The minimum atomic E-state index is -0.981. The molecule has 0 saturated heterocycles. The Balaban J connectivity index is 0. The van der Waals surface area contributed by atoms with E-state index in [0.717, 1.165) is 18.2 Å². The fraction of sp³-hybridized carbons (Fsp3) is 0.462. The van der Waals surface area contributed by atoms with Crippen molar-refractivity contribution in [2.24, 2.45) is 0 Å². The van der Waals surface area contributed by atoms with Gasteiger partial charge in [0.05, 0.1) is 12.2 Å². The van der Waals surface area contributed by atoms with Gasteiger partial charge in [0.1, 0.15) is 13.2 Å². The van der Waals surface area contributed by atoms with Gasteiger partial charge in [-0.2, -0.15) is 0 Å². The molecule has 0 spiro atoms. The molecule has 2 atom stereocenters. The third-order valence-electron chi connectivity index (χ3n) is 1.46. The molecular formula is C13H20O8. The average Bonchev–Trinajstić information content (AvgIpc) is 2.41. The number of aliphatic carboxylic acids is 1. The van der Waals surface area contributed by atoms with Gasteiger partial charge in [-0.1, -0.05) is 6.58 Å². The second-order valence-electron chi connectivity index (χ2n) is 3.83. The second kappa shape index (κ2) is 12.8. The molecule has 0 amide bonds. The van der Waals surface area contributed by atoms with Crippen LogP contribution in [0.3, 0.4) is 0 Å². The molecule has 0 fully saturated rings. The van der Waals surface area contributed by atoms with Crippen molar-refractivity contribution in [3.8, 4) is 0 Å². The maximum atomic E-state index is 10.9. The van der Waals surface area contributed by atoms with E-state index in [4.69, 9.17) is 15.3 Å². The first kappa shape index (κ1) is 21.1. The summed E-state index contributed by atoms with van der Waals surface area (Å²) < 4.78 is 9.09. The number of rotatable bonds is 7. The maximum Gasteiger partial charge on any atom is 0.331 e. The first-order valence-electron chi connectivity index (χ1n) is 5.92. The van der Waals surface area contributed by atoms with E-state index in [1.54, 1.807) is 0 Å². The molecule has 8 nitrogen and oxygen atoms in total. The Morgan fingerprint density at radius 1 is 1.00 bits per heavy atom. The number of aliphatic hydroxyl groups excluding tert-OH is 2. The third kappa shape index (κ3) is 20.3. The molecule has 0 rings (SSSR count). The van der Waals surface area contributed by atoms with Crippen molar-refractivity contribution in [3.63, 3.8) is 0 Å². The van der Waals surface area contributed by atoms with Crippen LogP contribution in [0.2, 0.25) is 0 Å². The van der Waals surface area contributed by atoms with Crippen molar-refractivity contribution in [1.82, 2.24) is 0 Å².